The molecular weight excluding hydrogens is 256 g/mol. The van der Waals surface area contributed by atoms with E-state index < -0.39 is 11.5 Å². The highest BCUT2D eigenvalue weighted by atomic mass is 16.5. The lowest BCUT2D eigenvalue weighted by Gasteiger charge is -2.26. The van der Waals surface area contributed by atoms with Crippen LogP contribution in [0.3, 0.4) is 0 Å². The number of ether oxygens (including phenoxy) is 1. The lowest BCUT2D eigenvalue weighted by molar-refractivity contribution is -0.141. The summed E-state index contributed by atoms with van der Waals surface area (Å²) in [4.78, 5) is 25.5. The van der Waals surface area contributed by atoms with Crippen LogP contribution >= 0.6 is 0 Å². The monoisotopic (exact) mass is 276 g/mol. The van der Waals surface area contributed by atoms with Crippen LogP contribution in [0.1, 0.15) is 5.56 Å². The largest absolute Gasteiger partial charge is 0.368 e. The van der Waals surface area contributed by atoms with Crippen LogP contribution < -0.4 is 5.32 Å². The van der Waals surface area contributed by atoms with Gasteiger partial charge in [0, 0.05) is 33.8 Å². The van der Waals surface area contributed by atoms with E-state index in [1.807, 2.05) is 30.3 Å². The molecule has 0 aromatic heterocycles. The summed E-state index contributed by atoms with van der Waals surface area (Å²) in [5.41, 5.74) is 0.107. The normalized spacial score (nSPS) is 26.4. The van der Waals surface area contributed by atoms with E-state index in [-0.39, 0.29) is 5.91 Å². The molecule has 1 fully saturated rings. The quantitative estimate of drug-likeness (QED) is 0.793. The van der Waals surface area contributed by atoms with Gasteiger partial charge in [-0.3, -0.25) is 9.69 Å². The molecule has 1 aromatic carbocycles. The Morgan fingerprint density at radius 3 is 2.75 bits per heavy atom. The molecule has 0 aliphatic carbocycles. The summed E-state index contributed by atoms with van der Waals surface area (Å²) in [6.45, 7) is 1.65. The minimum absolute atomic E-state index is 0.158. The zero-order valence-electron chi connectivity index (χ0n) is 11.8. The van der Waals surface area contributed by atoms with Crippen LogP contribution in [0.25, 0.3) is 0 Å². The Hall–Kier alpha value is -1.72. The van der Waals surface area contributed by atoms with Crippen molar-refractivity contribution in [3.8, 4) is 0 Å². The molecule has 0 saturated carbocycles. The Bertz CT molecular complexity index is 477. The van der Waals surface area contributed by atoms with Gasteiger partial charge in [-0.25, -0.2) is 0 Å². The van der Waals surface area contributed by atoms with E-state index >= 15 is 0 Å². The van der Waals surface area contributed by atoms with Gasteiger partial charge in [-0.2, -0.15) is 0 Å². The number of rotatable bonds is 5. The standard InChI is InChI=1S/C15H20N2O3/c1-16-14(19)13-9-17(10-15(13,11-18)20-2)8-12-6-4-3-5-7-12/h3-7,11,13H,8-10H2,1-2H3,(H,16,19). The van der Waals surface area contributed by atoms with Gasteiger partial charge in [-0.1, -0.05) is 30.3 Å². The zero-order valence-corrected chi connectivity index (χ0v) is 11.8. The fourth-order valence-corrected chi connectivity index (χ4v) is 2.75. The first-order valence-corrected chi connectivity index (χ1v) is 6.64. The van der Waals surface area contributed by atoms with Gasteiger partial charge in [-0.15, -0.1) is 0 Å². The van der Waals surface area contributed by atoms with E-state index in [1.165, 1.54) is 7.11 Å². The van der Waals surface area contributed by atoms with Gasteiger partial charge >= 0.3 is 0 Å². The lowest BCUT2D eigenvalue weighted by Crippen LogP contribution is -2.48. The van der Waals surface area contributed by atoms with Crippen LogP contribution in [0.2, 0.25) is 0 Å². The maximum absolute atomic E-state index is 12.0. The molecule has 0 bridgehead atoms. The van der Waals surface area contributed by atoms with Gasteiger partial charge in [0.2, 0.25) is 5.91 Å². The molecule has 20 heavy (non-hydrogen) atoms. The van der Waals surface area contributed by atoms with Crippen molar-refractivity contribution in [1.82, 2.24) is 10.2 Å². The van der Waals surface area contributed by atoms with Crippen molar-refractivity contribution < 1.29 is 14.3 Å². The van der Waals surface area contributed by atoms with Gasteiger partial charge in [0.25, 0.3) is 0 Å². The van der Waals surface area contributed by atoms with E-state index in [1.54, 1.807) is 7.05 Å². The number of carbonyl (C=O) groups excluding carboxylic acids is 2. The van der Waals surface area contributed by atoms with Gasteiger partial charge < -0.3 is 14.8 Å². The highest BCUT2D eigenvalue weighted by Gasteiger charge is 2.50. The first-order chi connectivity index (χ1) is 9.65. The molecule has 2 unspecified atom stereocenters. The average molecular weight is 276 g/mol. The van der Waals surface area contributed by atoms with Crippen LogP contribution in [0.15, 0.2) is 30.3 Å². The van der Waals surface area contributed by atoms with Crippen molar-refractivity contribution in [2.45, 2.75) is 12.1 Å². The third-order valence-electron chi connectivity index (χ3n) is 3.89. The number of carbonyl (C=O) groups is 2. The number of hydrogen-bond acceptors (Lipinski definition) is 4. The van der Waals surface area contributed by atoms with E-state index in [0.717, 1.165) is 11.8 Å². The Kier molecular flexibility index (Phi) is 4.52. The maximum Gasteiger partial charge on any atom is 0.227 e. The van der Waals surface area contributed by atoms with Crippen molar-refractivity contribution in [2.75, 3.05) is 27.2 Å². The van der Waals surface area contributed by atoms with E-state index in [0.29, 0.717) is 19.6 Å². The summed E-state index contributed by atoms with van der Waals surface area (Å²) in [6.07, 6.45) is 0.762. The minimum Gasteiger partial charge on any atom is -0.368 e. The van der Waals surface area contributed by atoms with Gasteiger partial charge in [-0.05, 0) is 5.56 Å². The number of likely N-dealkylation sites (tertiary alicyclic amines) is 1. The summed E-state index contributed by atoms with van der Waals surface area (Å²) >= 11 is 0. The topological polar surface area (TPSA) is 58.6 Å². The summed E-state index contributed by atoms with van der Waals surface area (Å²) in [6, 6.07) is 9.98. The molecule has 1 amide bonds. The van der Waals surface area contributed by atoms with Crippen LogP contribution in [0, 0.1) is 5.92 Å². The Morgan fingerprint density at radius 1 is 1.50 bits per heavy atom. The minimum atomic E-state index is -1.05. The molecule has 5 heteroatoms. The molecule has 0 radical (unpaired) electrons. The van der Waals surface area contributed by atoms with Gasteiger partial charge in [0.05, 0.1) is 5.92 Å². The first-order valence-electron chi connectivity index (χ1n) is 6.64. The van der Waals surface area contributed by atoms with Crippen molar-refractivity contribution >= 4 is 12.2 Å². The van der Waals surface area contributed by atoms with Crippen molar-refractivity contribution in [1.29, 1.82) is 0 Å². The molecule has 1 N–H and O–H groups in total. The number of methoxy groups -OCH3 is 1. The summed E-state index contributed by atoms with van der Waals surface area (Å²) in [5, 5.41) is 2.61. The second-order valence-electron chi connectivity index (χ2n) is 5.10. The molecule has 2 rings (SSSR count). The SMILES string of the molecule is CNC(=O)C1CN(Cc2ccccc2)CC1(C=O)OC. The molecule has 5 nitrogen and oxygen atoms in total. The summed E-state index contributed by atoms with van der Waals surface area (Å²) in [5.74, 6) is -0.631. The highest BCUT2D eigenvalue weighted by Crippen LogP contribution is 2.30. The van der Waals surface area contributed by atoms with Crippen molar-refractivity contribution in [3.63, 3.8) is 0 Å². The molecule has 1 heterocycles. The van der Waals surface area contributed by atoms with E-state index in [9.17, 15) is 9.59 Å². The molecule has 2 atom stereocenters. The maximum atomic E-state index is 12.0. The Labute approximate surface area is 118 Å². The van der Waals surface area contributed by atoms with Gasteiger partial charge in [0.1, 0.15) is 5.60 Å². The fourth-order valence-electron chi connectivity index (χ4n) is 2.75. The van der Waals surface area contributed by atoms with Crippen LogP contribution in [0.5, 0.6) is 0 Å². The van der Waals surface area contributed by atoms with Crippen LogP contribution in [-0.2, 0) is 20.9 Å². The van der Waals surface area contributed by atoms with Crippen LogP contribution in [-0.4, -0.2) is 49.9 Å². The molecule has 1 aliphatic rings. The van der Waals surface area contributed by atoms with Crippen molar-refractivity contribution in [2.24, 2.45) is 5.92 Å². The summed E-state index contributed by atoms with van der Waals surface area (Å²) < 4.78 is 5.38. The number of nitrogens with one attached hydrogen (secondary N) is 1. The Morgan fingerprint density at radius 2 is 2.20 bits per heavy atom. The smallest absolute Gasteiger partial charge is 0.227 e. The molecule has 1 aliphatic heterocycles. The third kappa shape index (κ3) is 2.73. The van der Waals surface area contributed by atoms with Crippen molar-refractivity contribution in [3.05, 3.63) is 35.9 Å². The molecule has 108 valence electrons. The van der Waals surface area contributed by atoms with E-state index in [4.69, 9.17) is 4.74 Å². The number of hydrogen-bond donors (Lipinski definition) is 1. The predicted molar refractivity (Wildman–Crippen MR) is 75.1 cm³/mol. The molecule has 1 saturated heterocycles. The molecule has 0 spiro atoms. The first kappa shape index (κ1) is 14.7. The van der Waals surface area contributed by atoms with E-state index in [2.05, 4.69) is 10.2 Å². The summed E-state index contributed by atoms with van der Waals surface area (Å²) in [7, 11) is 3.06. The number of aldehydes is 1. The average Bonchev–Trinajstić information content (AvgIpc) is 2.86. The third-order valence-corrected chi connectivity index (χ3v) is 3.89. The predicted octanol–water partition coefficient (Wildman–Crippen LogP) is 0.448. The zero-order chi connectivity index (χ0) is 14.6. The lowest BCUT2D eigenvalue weighted by atomic mass is 9.91. The highest BCUT2D eigenvalue weighted by molar-refractivity contribution is 5.85. The number of benzene rings is 1. The van der Waals surface area contributed by atoms with Gasteiger partial charge in [0.15, 0.2) is 6.29 Å². The number of nitrogens with zero attached hydrogens (tertiary/aromatic N) is 1. The number of amides is 1. The molecular formula is C15H20N2O3. The second kappa shape index (κ2) is 6.15. The second-order valence-corrected chi connectivity index (χ2v) is 5.10. The Balaban J connectivity index is 2.15. The van der Waals surface area contributed by atoms with Crippen LogP contribution in [0.4, 0.5) is 0 Å². The molecule has 1 aromatic rings. The fraction of sp³-hybridized carbons (Fsp3) is 0.467.